The van der Waals surface area contributed by atoms with E-state index < -0.39 is 12.1 Å². The van der Waals surface area contributed by atoms with Crippen molar-refractivity contribution in [3.63, 3.8) is 0 Å². The van der Waals surface area contributed by atoms with Crippen molar-refractivity contribution in [1.82, 2.24) is 0 Å². The number of unbranched alkanes of at least 4 members (excludes halogenated alkanes) is 3. The van der Waals surface area contributed by atoms with Crippen LogP contribution in [0.1, 0.15) is 50.5 Å². The molecule has 3 unspecified atom stereocenters. The summed E-state index contributed by atoms with van der Waals surface area (Å²) < 4.78 is 0. The van der Waals surface area contributed by atoms with Crippen LogP contribution < -0.4 is 0 Å². The molecule has 1 fully saturated rings. The largest absolute Gasteiger partial charge is 0.481 e. The molecular weight excluding hydrogens is 375 g/mol. The van der Waals surface area contributed by atoms with Gasteiger partial charge in [0.05, 0.1) is 16.1 Å². The number of carboxylic acid groups (broad SMARTS) is 1. The van der Waals surface area contributed by atoms with Crippen molar-refractivity contribution in [2.24, 2.45) is 11.8 Å². The first kappa shape index (κ1) is 20.9. The lowest BCUT2D eigenvalue weighted by Crippen LogP contribution is -2.18. The summed E-state index contributed by atoms with van der Waals surface area (Å²) >= 11 is 12.2. The second-order valence-electron chi connectivity index (χ2n) is 6.77. The number of aliphatic carboxylic acids is 1. The number of aliphatic hydroxyl groups excluding tert-OH is 1. The highest BCUT2D eigenvalue weighted by atomic mass is 35.5. The highest BCUT2D eigenvalue weighted by Gasteiger charge is 2.39. The fourth-order valence-electron chi connectivity index (χ4n) is 3.45. The first-order valence-corrected chi connectivity index (χ1v) is 9.70. The van der Waals surface area contributed by atoms with Gasteiger partial charge in [0.2, 0.25) is 0 Å². The first-order chi connectivity index (χ1) is 12.4. The topological polar surface area (TPSA) is 74.6 Å². The summed E-state index contributed by atoms with van der Waals surface area (Å²) in [6.07, 6.45) is 7.34. The molecule has 0 heterocycles. The molecule has 0 saturated heterocycles. The molecule has 1 aromatic rings. The summed E-state index contributed by atoms with van der Waals surface area (Å²) in [6.45, 7) is 0. The zero-order valence-electron chi connectivity index (χ0n) is 14.5. The van der Waals surface area contributed by atoms with Crippen molar-refractivity contribution in [1.29, 1.82) is 0 Å². The summed E-state index contributed by atoms with van der Waals surface area (Å²) in [7, 11) is 0. The van der Waals surface area contributed by atoms with Crippen LogP contribution in [0.4, 0.5) is 0 Å². The Morgan fingerprint density at radius 1 is 1.19 bits per heavy atom. The van der Waals surface area contributed by atoms with Crippen LogP contribution in [0.2, 0.25) is 10.0 Å². The second-order valence-corrected chi connectivity index (χ2v) is 7.56. The first-order valence-electron chi connectivity index (χ1n) is 8.95. The molecule has 142 valence electrons. The Hall–Kier alpha value is -1.36. The van der Waals surface area contributed by atoms with Gasteiger partial charge < -0.3 is 10.2 Å². The SMILES string of the molecule is O=C(O)CCCCCCC1C(=O)CC(O)C1C=Cc1cccc(Cl)c1Cl. The van der Waals surface area contributed by atoms with Gasteiger partial charge in [-0.2, -0.15) is 0 Å². The lowest BCUT2D eigenvalue weighted by atomic mass is 9.88. The number of ketones is 1. The number of carboxylic acids is 1. The van der Waals surface area contributed by atoms with Crippen molar-refractivity contribution in [3.05, 3.63) is 39.9 Å². The number of Topliss-reactive ketones (excluding diaryl/α,β-unsaturated/α-hetero) is 1. The Bertz CT molecular complexity index is 672. The Morgan fingerprint density at radius 3 is 2.65 bits per heavy atom. The van der Waals surface area contributed by atoms with E-state index in [-0.39, 0.29) is 30.5 Å². The van der Waals surface area contributed by atoms with Gasteiger partial charge in [-0.3, -0.25) is 9.59 Å². The molecule has 1 aromatic carbocycles. The lowest BCUT2D eigenvalue weighted by molar-refractivity contribution is -0.137. The minimum atomic E-state index is -0.774. The van der Waals surface area contributed by atoms with E-state index in [1.165, 1.54) is 0 Å². The molecule has 26 heavy (non-hydrogen) atoms. The molecule has 2 N–H and O–H groups in total. The van der Waals surface area contributed by atoms with Gasteiger partial charge in [0.1, 0.15) is 5.78 Å². The molecule has 6 heteroatoms. The third kappa shape index (κ3) is 5.83. The maximum Gasteiger partial charge on any atom is 0.303 e. The average molecular weight is 399 g/mol. The number of rotatable bonds is 9. The van der Waals surface area contributed by atoms with E-state index in [1.54, 1.807) is 12.1 Å². The molecule has 4 nitrogen and oxygen atoms in total. The zero-order valence-corrected chi connectivity index (χ0v) is 16.0. The average Bonchev–Trinajstić information content (AvgIpc) is 2.85. The molecule has 1 aliphatic rings. The standard InChI is InChI=1S/C20H24Cl2O4/c21-16-8-5-6-13(20(16)22)10-11-15-14(17(23)12-18(15)24)7-3-1-2-4-9-19(25)26/h5-6,8,10-11,14-15,18,24H,1-4,7,9,12H2,(H,25,26). The molecule has 0 radical (unpaired) electrons. The van der Waals surface area contributed by atoms with E-state index in [4.69, 9.17) is 28.3 Å². The van der Waals surface area contributed by atoms with E-state index in [0.717, 1.165) is 24.8 Å². The molecule has 0 amide bonds. The summed E-state index contributed by atoms with van der Waals surface area (Å²) in [6, 6.07) is 5.35. The highest BCUT2D eigenvalue weighted by Crippen LogP contribution is 2.35. The number of hydrogen-bond acceptors (Lipinski definition) is 3. The van der Waals surface area contributed by atoms with Crippen LogP contribution in [0.3, 0.4) is 0 Å². The fourth-order valence-corrected chi connectivity index (χ4v) is 3.82. The van der Waals surface area contributed by atoms with Gasteiger partial charge in [-0.05, 0) is 24.5 Å². The minimum absolute atomic E-state index is 0.0925. The molecule has 3 atom stereocenters. The Morgan fingerprint density at radius 2 is 1.92 bits per heavy atom. The van der Waals surface area contributed by atoms with Gasteiger partial charge in [-0.15, -0.1) is 0 Å². The summed E-state index contributed by atoms with van der Waals surface area (Å²) in [5.41, 5.74) is 0.762. The highest BCUT2D eigenvalue weighted by molar-refractivity contribution is 6.42. The van der Waals surface area contributed by atoms with Crippen LogP contribution in [0.25, 0.3) is 6.08 Å². The third-order valence-electron chi connectivity index (χ3n) is 4.87. The second kappa shape index (κ2) is 10.1. The third-order valence-corrected chi connectivity index (χ3v) is 5.70. The smallest absolute Gasteiger partial charge is 0.303 e. The Labute approximate surface area is 163 Å². The van der Waals surface area contributed by atoms with Crippen LogP contribution in [0, 0.1) is 11.8 Å². The van der Waals surface area contributed by atoms with E-state index in [9.17, 15) is 14.7 Å². The number of carbonyl (C=O) groups excluding carboxylic acids is 1. The van der Waals surface area contributed by atoms with Crippen LogP contribution in [-0.4, -0.2) is 28.1 Å². The van der Waals surface area contributed by atoms with Crippen molar-refractivity contribution in [2.75, 3.05) is 0 Å². The maximum atomic E-state index is 12.2. The van der Waals surface area contributed by atoms with E-state index in [2.05, 4.69) is 0 Å². The van der Waals surface area contributed by atoms with Crippen LogP contribution in [0.5, 0.6) is 0 Å². The van der Waals surface area contributed by atoms with Gasteiger partial charge in [0.15, 0.2) is 0 Å². The van der Waals surface area contributed by atoms with E-state index in [1.807, 2.05) is 18.2 Å². The summed E-state index contributed by atoms with van der Waals surface area (Å²) in [5.74, 6) is -1.10. The molecule has 1 aliphatic carbocycles. The van der Waals surface area contributed by atoms with Crippen LogP contribution >= 0.6 is 23.2 Å². The minimum Gasteiger partial charge on any atom is -0.481 e. The number of benzene rings is 1. The molecule has 2 rings (SSSR count). The van der Waals surface area contributed by atoms with Crippen molar-refractivity contribution in [2.45, 2.75) is 51.0 Å². The van der Waals surface area contributed by atoms with Gasteiger partial charge in [-0.1, -0.05) is 66.7 Å². The van der Waals surface area contributed by atoms with Gasteiger partial charge in [-0.25, -0.2) is 0 Å². The zero-order chi connectivity index (χ0) is 19.1. The summed E-state index contributed by atoms with van der Waals surface area (Å²) in [4.78, 5) is 22.7. The normalized spacial score (nSPS) is 23.0. The Kier molecular flexibility index (Phi) is 8.14. The number of carbonyl (C=O) groups is 2. The van der Waals surface area contributed by atoms with E-state index in [0.29, 0.717) is 22.9 Å². The Balaban J connectivity index is 1.92. The predicted molar refractivity (Wildman–Crippen MR) is 103 cm³/mol. The van der Waals surface area contributed by atoms with Crippen LogP contribution in [0.15, 0.2) is 24.3 Å². The van der Waals surface area contributed by atoms with E-state index >= 15 is 0 Å². The molecular formula is C20H24Cl2O4. The lowest BCUT2D eigenvalue weighted by Gasteiger charge is -2.17. The van der Waals surface area contributed by atoms with Gasteiger partial charge in [0.25, 0.3) is 0 Å². The molecule has 0 aromatic heterocycles. The summed E-state index contributed by atoms with van der Waals surface area (Å²) in [5, 5.41) is 19.8. The van der Waals surface area contributed by atoms with Crippen molar-refractivity contribution in [3.8, 4) is 0 Å². The van der Waals surface area contributed by atoms with Crippen molar-refractivity contribution >= 4 is 41.0 Å². The van der Waals surface area contributed by atoms with Gasteiger partial charge in [0, 0.05) is 24.7 Å². The predicted octanol–water partition coefficient (Wildman–Crippen LogP) is 5.00. The number of halogens is 2. The number of aliphatic hydroxyl groups is 1. The fraction of sp³-hybridized carbons (Fsp3) is 0.500. The maximum absolute atomic E-state index is 12.2. The molecule has 1 saturated carbocycles. The molecule has 0 spiro atoms. The van der Waals surface area contributed by atoms with Gasteiger partial charge >= 0.3 is 5.97 Å². The molecule has 0 bridgehead atoms. The van der Waals surface area contributed by atoms with Crippen molar-refractivity contribution < 1.29 is 19.8 Å². The quantitative estimate of drug-likeness (QED) is 0.573. The molecule has 0 aliphatic heterocycles. The monoisotopic (exact) mass is 398 g/mol. The van der Waals surface area contributed by atoms with Crippen LogP contribution in [-0.2, 0) is 9.59 Å². The number of hydrogen-bond donors (Lipinski definition) is 2.